The van der Waals surface area contributed by atoms with Crippen LogP contribution in [-0.4, -0.2) is 70.0 Å². The van der Waals surface area contributed by atoms with E-state index in [4.69, 9.17) is 5.41 Å². The molecule has 238 valence electrons. The van der Waals surface area contributed by atoms with Gasteiger partial charge in [0.05, 0.1) is 17.3 Å². The molecule has 2 fully saturated rings. The van der Waals surface area contributed by atoms with Crippen LogP contribution in [-0.2, 0) is 17.5 Å². The molecule has 1 aliphatic heterocycles. The molecule has 0 bridgehead atoms. The Bertz CT molecular complexity index is 1620. The van der Waals surface area contributed by atoms with E-state index < -0.39 is 23.5 Å². The van der Waals surface area contributed by atoms with E-state index >= 15 is 4.39 Å². The summed E-state index contributed by atoms with van der Waals surface area (Å²) in [4.78, 5) is 36.6. The number of nitrogens with zero attached hydrogens (tertiary/aromatic N) is 3. The summed E-state index contributed by atoms with van der Waals surface area (Å²) in [6.07, 6.45) is 1.67. The predicted octanol–water partition coefficient (Wildman–Crippen LogP) is 3.88. The summed E-state index contributed by atoms with van der Waals surface area (Å²) in [6, 6.07) is 5.83. The van der Waals surface area contributed by atoms with E-state index in [2.05, 4.69) is 37.3 Å². The molecule has 1 saturated heterocycles. The van der Waals surface area contributed by atoms with Crippen molar-refractivity contribution in [3.05, 3.63) is 82.1 Å². The maximum Gasteiger partial charge on any atom is 0.416 e. The van der Waals surface area contributed by atoms with Crippen LogP contribution in [0.25, 0.3) is 6.08 Å². The van der Waals surface area contributed by atoms with Gasteiger partial charge in [0.2, 0.25) is 11.6 Å². The highest BCUT2D eigenvalue weighted by Gasteiger charge is 2.32. The molecule has 5 N–H and O–H groups in total. The van der Waals surface area contributed by atoms with Crippen molar-refractivity contribution in [2.45, 2.75) is 39.4 Å². The number of aromatic amines is 1. The van der Waals surface area contributed by atoms with Crippen molar-refractivity contribution in [2.75, 3.05) is 43.4 Å². The molecule has 0 spiro atoms. The second-order valence-electron chi connectivity index (χ2n) is 11.5. The number of carbonyl (C=O) groups excluding carboxylic acids is 2. The van der Waals surface area contributed by atoms with Gasteiger partial charge in [-0.15, -0.1) is 0 Å². The number of rotatable bonds is 10. The molecule has 1 aliphatic carbocycles. The summed E-state index contributed by atoms with van der Waals surface area (Å²) in [5.74, 6) is -0.928. The molecule has 2 aliphatic rings. The number of aryl methyl sites for hydroxylation is 1. The van der Waals surface area contributed by atoms with E-state index in [9.17, 15) is 22.8 Å². The van der Waals surface area contributed by atoms with Gasteiger partial charge >= 0.3 is 6.18 Å². The lowest BCUT2D eigenvalue weighted by Gasteiger charge is -2.34. The van der Waals surface area contributed by atoms with E-state index in [1.807, 2.05) is 0 Å². The molecule has 13 heteroatoms. The Morgan fingerprint density at radius 2 is 1.76 bits per heavy atom. The Hall–Kier alpha value is -4.36. The molecular formula is C32H36F4N7O2+. The van der Waals surface area contributed by atoms with Crippen molar-refractivity contribution in [2.24, 2.45) is 5.92 Å². The molecule has 0 unspecified atom stereocenters. The fourth-order valence-corrected chi connectivity index (χ4v) is 5.22. The van der Waals surface area contributed by atoms with Gasteiger partial charge in [0.25, 0.3) is 5.91 Å². The zero-order chi connectivity index (χ0) is 32.3. The third-order valence-electron chi connectivity index (χ3n) is 7.99. The van der Waals surface area contributed by atoms with Crippen LogP contribution in [0.4, 0.5) is 29.1 Å². The largest absolute Gasteiger partial charge is 0.416 e. The van der Waals surface area contributed by atoms with Crippen LogP contribution in [0.5, 0.6) is 0 Å². The highest BCUT2D eigenvalue weighted by atomic mass is 19.4. The monoisotopic (exact) mass is 626 g/mol. The van der Waals surface area contributed by atoms with Gasteiger partial charge in [-0.25, -0.2) is 9.37 Å². The first-order valence-corrected chi connectivity index (χ1v) is 14.8. The van der Waals surface area contributed by atoms with Crippen LogP contribution < -0.4 is 16.0 Å². The molecule has 5 rings (SSSR count). The third-order valence-corrected chi connectivity index (χ3v) is 7.99. The summed E-state index contributed by atoms with van der Waals surface area (Å²) in [7, 11) is 0. The van der Waals surface area contributed by atoms with Crippen molar-refractivity contribution >= 4 is 35.1 Å². The zero-order valence-corrected chi connectivity index (χ0v) is 25.1. The van der Waals surface area contributed by atoms with E-state index in [-0.39, 0.29) is 35.3 Å². The molecule has 2 heterocycles. The number of imidazole rings is 1. The zero-order valence-electron chi connectivity index (χ0n) is 25.1. The van der Waals surface area contributed by atoms with Gasteiger partial charge in [-0.1, -0.05) is 6.92 Å². The molecule has 9 nitrogen and oxygen atoms in total. The van der Waals surface area contributed by atoms with Gasteiger partial charge in [0.15, 0.2) is 0 Å². The highest BCUT2D eigenvalue weighted by Crippen LogP contribution is 2.33. The van der Waals surface area contributed by atoms with E-state index in [1.165, 1.54) is 24.4 Å². The van der Waals surface area contributed by atoms with Crippen LogP contribution >= 0.6 is 0 Å². The van der Waals surface area contributed by atoms with Gasteiger partial charge in [0, 0.05) is 56.0 Å². The topological polar surface area (TPSA) is 119 Å². The number of nitrogens with one attached hydrogen (secondary N) is 3. The van der Waals surface area contributed by atoms with Crippen molar-refractivity contribution in [1.82, 2.24) is 19.8 Å². The molecule has 2 amide bonds. The average molecular weight is 627 g/mol. The van der Waals surface area contributed by atoms with Crippen LogP contribution in [0.2, 0.25) is 0 Å². The van der Waals surface area contributed by atoms with Crippen LogP contribution in [0.15, 0.2) is 42.6 Å². The molecule has 0 atom stereocenters. The van der Waals surface area contributed by atoms with Crippen molar-refractivity contribution in [1.29, 1.82) is 0 Å². The minimum atomic E-state index is -4.63. The van der Waals surface area contributed by atoms with Crippen molar-refractivity contribution < 1.29 is 32.6 Å². The third kappa shape index (κ3) is 8.22. The van der Waals surface area contributed by atoms with E-state index in [0.717, 1.165) is 50.7 Å². The first-order valence-electron chi connectivity index (χ1n) is 14.8. The van der Waals surface area contributed by atoms with Gasteiger partial charge in [-0.3, -0.25) is 19.9 Å². The lowest BCUT2D eigenvalue weighted by Crippen LogP contribution is -2.45. The maximum atomic E-state index is 15.0. The number of hydrogen-bond acceptors (Lipinski definition) is 5. The van der Waals surface area contributed by atoms with Crippen molar-refractivity contribution in [3.8, 4) is 0 Å². The number of H-pyrrole nitrogens is 1. The predicted molar refractivity (Wildman–Crippen MR) is 163 cm³/mol. The number of nitrogens with two attached hydrogens (primary N) is 1. The number of alkyl halides is 3. The number of benzene rings is 2. The molecular weight excluding hydrogens is 590 g/mol. The molecule has 45 heavy (non-hydrogen) atoms. The Balaban J connectivity index is 1.31. The summed E-state index contributed by atoms with van der Waals surface area (Å²) in [6.45, 7) is 7.97. The van der Waals surface area contributed by atoms with Gasteiger partial charge < -0.3 is 20.5 Å². The van der Waals surface area contributed by atoms with Crippen LogP contribution in [0.1, 0.15) is 58.2 Å². The SMILES string of the molecule is CCN1CCN(Cc2cc(NC(=O)c3cc(C(=[NH2+])/C=C\c4ncc(NC(=O)C5CC5)[nH]4)c(C)cc3F)cc(C(F)(F)F)c2)CC1. The highest BCUT2D eigenvalue weighted by molar-refractivity contribution is 6.10. The summed E-state index contributed by atoms with van der Waals surface area (Å²) >= 11 is 0. The fourth-order valence-electron chi connectivity index (χ4n) is 5.22. The number of carbonyl (C=O) groups is 2. The smallest absolute Gasteiger partial charge is 0.325 e. The number of amides is 2. The molecule has 3 aromatic rings. The average Bonchev–Trinajstić information content (AvgIpc) is 3.75. The molecule has 1 saturated carbocycles. The fraction of sp³-hybridized carbons (Fsp3) is 0.375. The van der Waals surface area contributed by atoms with Crippen molar-refractivity contribution in [3.63, 3.8) is 0 Å². The van der Waals surface area contributed by atoms with E-state index in [1.54, 1.807) is 13.0 Å². The maximum absolute atomic E-state index is 15.0. The Morgan fingerprint density at radius 1 is 1.04 bits per heavy atom. The molecule has 1 aromatic heterocycles. The van der Waals surface area contributed by atoms with E-state index in [0.29, 0.717) is 41.4 Å². The summed E-state index contributed by atoms with van der Waals surface area (Å²) < 4.78 is 56.4. The lowest BCUT2D eigenvalue weighted by molar-refractivity contribution is -0.137. The number of hydrogen-bond donors (Lipinski definition) is 4. The Labute approximate surface area is 258 Å². The second kappa shape index (κ2) is 13.3. The number of likely N-dealkylation sites (N-methyl/N-ethyl adjacent to an activating group) is 1. The first kappa shape index (κ1) is 32.0. The molecule has 0 radical (unpaired) electrons. The standard InChI is InChI=1S/C32H35F4N7O2/c1-3-42-8-10-43(11-9-42)18-20-13-22(32(34,35)36)15-23(14-20)39-31(45)25-16-24(19(2)12-26(25)33)27(37)6-7-28-38-17-29(40-28)41-30(44)21-4-5-21/h6-7,12-17,21,37H,3-5,8-11,18H2,1-2H3,(H,38,40)(H,39,45)(H,41,44)/p+1/b7-6-,37-27?. The Morgan fingerprint density at radius 3 is 2.42 bits per heavy atom. The normalized spacial score (nSPS) is 16.2. The number of halogens is 4. The number of aromatic nitrogens is 2. The van der Waals surface area contributed by atoms with Crippen LogP contribution in [0.3, 0.4) is 0 Å². The second-order valence-corrected chi connectivity index (χ2v) is 11.5. The molecule has 2 aromatic carbocycles. The number of anilines is 2. The minimum Gasteiger partial charge on any atom is -0.325 e. The quantitative estimate of drug-likeness (QED) is 0.201. The summed E-state index contributed by atoms with van der Waals surface area (Å²) in [5.41, 5.74) is 0.0538. The Kier molecular flexibility index (Phi) is 9.49. The summed E-state index contributed by atoms with van der Waals surface area (Å²) in [5, 5.41) is 11.5. The van der Waals surface area contributed by atoms with Gasteiger partial charge in [0.1, 0.15) is 17.5 Å². The van der Waals surface area contributed by atoms with Crippen LogP contribution in [0, 0.1) is 18.7 Å². The number of piperazine rings is 1. The minimum absolute atomic E-state index is 0.0339. The van der Waals surface area contributed by atoms with Gasteiger partial charge in [-0.2, -0.15) is 13.2 Å². The lowest BCUT2D eigenvalue weighted by atomic mass is 9.99. The number of allylic oxidation sites excluding steroid dienone is 1. The first-order chi connectivity index (χ1) is 21.4. The van der Waals surface area contributed by atoms with Gasteiger partial charge in [-0.05, 0) is 73.8 Å².